The smallest absolute Gasteiger partial charge is 0.240 e. The second kappa shape index (κ2) is 5.77. The molecule has 1 aliphatic heterocycles. The van der Waals surface area contributed by atoms with Gasteiger partial charge < -0.3 is 10.1 Å². The fourth-order valence-corrected chi connectivity index (χ4v) is 3.16. The lowest BCUT2D eigenvalue weighted by Crippen LogP contribution is -2.59. The molecule has 1 aromatic rings. The highest BCUT2D eigenvalue weighted by Gasteiger charge is 2.36. The predicted molar refractivity (Wildman–Crippen MR) is 79.0 cm³/mol. The Bertz CT molecular complexity index is 506. The zero-order valence-corrected chi connectivity index (χ0v) is 12.8. The maximum atomic E-state index is 12.7. The third kappa shape index (κ3) is 2.96. The van der Waals surface area contributed by atoms with Crippen LogP contribution < -0.4 is 5.32 Å². The SMILES string of the molecule is CC(C)(C(=O)NC1CCc2cn[nH]c2C1)N1CCOCC1. The Labute approximate surface area is 125 Å². The Balaban J connectivity index is 1.60. The van der Waals surface area contributed by atoms with Crippen molar-refractivity contribution < 1.29 is 9.53 Å². The first-order valence-electron chi connectivity index (χ1n) is 7.72. The van der Waals surface area contributed by atoms with Gasteiger partial charge in [-0.1, -0.05) is 0 Å². The number of aromatic amines is 1. The minimum absolute atomic E-state index is 0.109. The molecule has 1 saturated heterocycles. The number of carbonyl (C=O) groups excluding carboxylic acids is 1. The normalized spacial score (nSPS) is 23.6. The molecule has 1 aromatic heterocycles. The van der Waals surface area contributed by atoms with Crippen LogP contribution in [-0.2, 0) is 22.4 Å². The average Bonchev–Trinajstić information content (AvgIpc) is 2.95. The third-order valence-electron chi connectivity index (χ3n) is 4.71. The number of ether oxygens (including phenoxy) is 1. The van der Waals surface area contributed by atoms with E-state index in [1.54, 1.807) is 0 Å². The van der Waals surface area contributed by atoms with Crippen LogP contribution >= 0.6 is 0 Å². The molecule has 0 aromatic carbocycles. The van der Waals surface area contributed by atoms with Gasteiger partial charge in [-0.05, 0) is 32.3 Å². The van der Waals surface area contributed by atoms with Gasteiger partial charge in [0.2, 0.25) is 5.91 Å². The summed E-state index contributed by atoms with van der Waals surface area (Å²) in [5.74, 6) is 0.109. The number of hydrogen-bond donors (Lipinski definition) is 2. The summed E-state index contributed by atoms with van der Waals surface area (Å²) in [7, 11) is 0. The summed E-state index contributed by atoms with van der Waals surface area (Å²) in [6, 6.07) is 0.200. The molecule has 0 spiro atoms. The number of aromatic nitrogens is 2. The summed E-state index contributed by atoms with van der Waals surface area (Å²) < 4.78 is 5.37. The molecule has 0 radical (unpaired) electrons. The summed E-state index contributed by atoms with van der Waals surface area (Å²) in [5.41, 5.74) is 1.96. The first-order chi connectivity index (χ1) is 10.1. The van der Waals surface area contributed by atoms with Gasteiger partial charge in [-0.3, -0.25) is 14.8 Å². The molecule has 116 valence electrons. The zero-order chi connectivity index (χ0) is 14.9. The Kier molecular flexibility index (Phi) is 3.99. The molecule has 2 N–H and O–H groups in total. The monoisotopic (exact) mass is 292 g/mol. The van der Waals surface area contributed by atoms with Crippen LogP contribution in [0.4, 0.5) is 0 Å². The summed E-state index contributed by atoms with van der Waals surface area (Å²) in [6.45, 7) is 7.04. The van der Waals surface area contributed by atoms with E-state index < -0.39 is 5.54 Å². The van der Waals surface area contributed by atoms with Gasteiger partial charge in [0.15, 0.2) is 0 Å². The van der Waals surface area contributed by atoms with Gasteiger partial charge in [-0.2, -0.15) is 5.10 Å². The van der Waals surface area contributed by atoms with Gasteiger partial charge in [0.25, 0.3) is 0 Å². The van der Waals surface area contributed by atoms with Crippen molar-refractivity contribution in [3.05, 3.63) is 17.5 Å². The van der Waals surface area contributed by atoms with Crippen molar-refractivity contribution in [2.24, 2.45) is 0 Å². The largest absolute Gasteiger partial charge is 0.379 e. The van der Waals surface area contributed by atoms with Gasteiger partial charge >= 0.3 is 0 Å². The summed E-state index contributed by atoms with van der Waals surface area (Å²) >= 11 is 0. The van der Waals surface area contributed by atoms with Gasteiger partial charge in [-0.15, -0.1) is 0 Å². The van der Waals surface area contributed by atoms with Crippen LogP contribution in [0.15, 0.2) is 6.20 Å². The van der Waals surface area contributed by atoms with Gasteiger partial charge in [0.05, 0.1) is 24.9 Å². The summed E-state index contributed by atoms with van der Waals surface area (Å²) in [5, 5.41) is 10.3. The van der Waals surface area contributed by atoms with E-state index in [2.05, 4.69) is 20.4 Å². The maximum absolute atomic E-state index is 12.7. The van der Waals surface area contributed by atoms with Crippen LogP contribution in [0.3, 0.4) is 0 Å². The fraction of sp³-hybridized carbons (Fsp3) is 0.733. The second-order valence-electron chi connectivity index (χ2n) is 6.45. The van der Waals surface area contributed by atoms with E-state index in [1.807, 2.05) is 20.0 Å². The van der Waals surface area contributed by atoms with Crippen molar-refractivity contribution in [3.63, 3.8) is 0 Å². The molecule has 1 unspecified atom stereocenters. The summed E-state index contributed by atoms with van der Waals surface area (Å²) in [4.78, 5) is 14.9. The molecule has 2 aliphatic rings. The van der Waals surface area contributed by atoms with Gasteiger partial charge in [0.1, 0.15) is 0 Å². The number of fused-ring (bicyclic) bond motifs is 1. The molecule has 0 bridgehead atoms. The van der Waals surface area contributed by atoms with E-state index in [-0.39, 0.29) is 11.9 Å². The number of hydrogen-bond acceptors (Lipinski definition) is 4. The van der Waals surface area contributed by atoms with Gasteiger partial charge in [0, 0.05) is 31.2 Å². The Morgan fingerprint density at radius 1 is 1.48 bits per heavy atom. The van der Waals surface area contributed by atoms with Crippen LogP contribution in [0.25, 0.3) is 0 Å². The quantitative estimate of drug-likeness (QED) is 0.851. The van der Waals surface area contributed by atoms with Crippen LogP contribution in [-0.4, -0.2) is 58.9 Å². The average molecular weight is 292 g/mol. The van der Waals surface area contributed by atoms with Crippen molar-refractivity contribution in [3.8, 4) is 0 Å². The standard InChI is InChI=1S/C15H24N4O2/c1-15(2,19-5-7-21-8-6-19)14(20)17-12-4-3-11-10-16-18-13(11)9-12/h10,12H,3-9H2,1-2H3,(H,16,18)(H,17,20). The van der Waals surface area contributed by atoms with E-state index >= 15 is 0 Å². The minimum Gasteiger partial charge on any atom is -0.379 e. The fourth-order valence-electron chi connectivity index (χ4n) is 3.16. The lowest BCUT2D eigenvalue weighted by atomic mass is 9.92. The molecule has 0 saturated carbocycles. The highest BCUT2D eigenvalue weighted by molar-refractivity contribution is 5.85. The third-order valence-corrected chi connectivity index (χ3v) is 4.71. The molecule has 1 amide bonds. The molecule has 1 fully saturated rings. The second-order valence-corrected chi connectivity index (χ2v) is 6.45. The molecule has 21 heavy (non-hydrogen) atoms. The number of H-pyrrole nitrogens is 1. The highest BCUT2D eigenvalue weighted by atomic mass is 16.5. The number of nitrogens with one attached hydrogen (secondary N) is 2. The number of morpholine rings is 1. The van der Waals surface area contributed by atoms with Crippen LogP contribution in [0, 0.1) is 0 Å². The number of aryl methyl sites for hydroxylation is 1. The lowest BCUT2D eigenvalue weighted by molar-refractivity contribution is -0.135. The molecule has 6 nitrogen and oxygen atoms in total. The Morgan fingerprint density at radius 3 is 3.00 bits per heavy atom. The minimum atomic E-state index is -0.488. The van der Waals surface area contributed by atoms with Crippen molar-refractivity contribution in [2.75, 3.05) is 26.3 Å². The number of rotatable bonds is 3. The van der Waals surface area contributed by atoms with E-state index in [4.69, 9.17) is 4.74 Å². The zero-order valence-electron chi connectivity index (χ0n) is 12.8. The Hall–Kier alpha value is -1.40. The molecule has 2 heterocycles. The topological polar surface area (TPSA) is 70.2 Å². The Morgan fingerprint density at radius 2 is 2.24 bits per heavy atom. The maximum Gasteiger partial charge on any atom is 0.240 e. The first-order valence-corrected chi connectivity index (χ1v) is 7.72. The van der Waals surface area contributed by atoms with E-state index in [1.165, 1.54) is 5.56 Å². The molecule has 1 atom stereocenters. The van der Waals surface area contributed by atoms with Crippen molar-refractivity contribution in [2.45, 2.75) is 44.7 Å². The summed E-state index contributed by atoms with van der Waals surface area (Å²) in [6.07, 6.45) is 4.71. The van der Waals surface area contributed by atoms with Crippen LogP contribution in [0.1, 0.15) is 31.5 Å². The highest BCUT2D eigenvalue weighted by Crippen LogP contribution is 2.21. The van der Waals surface area contributed by atoms with Crippen LogP contribution in [0.2, 0.25) is 0 Å². The van der Waals surface area contributed by atoms with Crippen LogP contribution in [0.5, 0.6) is 0 Å². The number of carbonyl (C=O) groups is 1. The van der Waals surface area contributed by atoms with Crippen molar-refractivity contribution in [1.82, 2.24) is 20.4 Å². The van der Waals surface area contributed by atoms with Crippen molar-refractivity contribution >= 4 is 5.91 Å². The van der Waals surface area contributed by atoms with E-state index in [0.717, 1.165) is 38.0 Å². The number of amides is 1. The molecule has 1 aliphatic carbocycles. The first kappa shape index (κ1) is 14.5. The molecular formula is C15H24N4O2. The molecular weight excluding hydrogens is 268 g/mol. The lowest BCUT2D eigenvalue weighted by Gasteiger charge is -2.40. The number of nitrogens with zero attached hydrogens (tertiary/aromatic N) is 2. The van der Waals surface area contributed by atoms with E-state index in [0.29, 0.717) is 13.2 Å². The molecule has 6 heteroatoms. The van der Waals surface area contributed by atoms with Gasteiger partial charge in [-0.25, -0.2) is 0 Å². The molecule has 3 rings (SSSR count). The van der Waals surface area contributed by atoms with E-state index in [9.17, 15) is 4.79 Å². The van der Waals surface area contributed by atoms with Crippen molar-refractivity contribution in [1.29, 1.82) is 0 Å². The predicted octanol–water partition coefficient (Wildman–Crippen LogP) is 0.494.